The van der Waals surface area contributed by atoms with Crippen molar-refractivity contribution in [2.45, 2.75) is 0 Å². The van der Waals surface area contributed by atoms with E-state index >= 15 is 0 Å². The summed E-state index contributed by atoms with van der Waals surface area (Å²) >= 11 is 0. The molecular formula is C11H9LaY-. The Hall–Kier alpha value is 0.869. The van der Waals surface area contributed by atoms with Gasteiger partial charge in [0.25, 0.3) is 0 Å². The quantitative estimate of drug-likeness (QED) is 0.627. The van der Waals surface area contributed by atoms with Crippen molar-refractivity contribution in [3.8, 4) is 0 Å². The first-order valence-electron chi connectivity index (χ1n) is 3.67. The molecule has 0 aliphatic heterocycles. The van der Waals surface area contributed by atoms with Crippen molar-refractivity contribution >= 4 is 10.8 Å². The first kappa shape index (κ1) is 13.9. The van der Waals surface area contributed by atoms with Crippen LogP contribution >= 0.6 is 0 Å². The molecule has 0 amide bonds. The fourth-order valence-corrected chi connectivity index (χ4v) is 1.24. The summed E-state index contributed by atoms with van der Waals surface area (Å²) in [4.78, 5) is 0. The second-order valence-electron chi connectivity index (χ2n) is 2.68. The third-order valence-electron chi connectivity index (χ3n) is 1.81. The van der Waals surface area contributed by atoms with Crippen molar-refractivity contribution in [1.82, 2.24) is 0 Å². The van der Waals surface area contributed by atoms with Crippen LogP contribution in [0.5, 0.6) is 0 Å². The van der Waals surface area contributed by atoms with E-state index in [1.807, 2.05) is 18.2 Å². The second kappa shape index (κ2) is 6.37. The van der Waals surface area contributed by atoms with Crippen molar-refractivity contribution in [2.75, 3.05) is 0 Å². The fourth-order valence-electron chi connectivity index (χ4n) is 1.24. The normalized spacial score (nSPS) is 8.62. The Morgan fingerprint density at radius 1 is 0.846 bits per heavy atom. The van der Waals surface area contributed by atoms with E-state index in [4.69, 9.17) is 0 Å². The van der Waals surface area contributed by atoms with Crippen molar-refractivity contribution < 1.29 is 68.3 Å². The minimum absolute atomic E-state index is 0. The van der Waals surface area contributed by atoms with E-state index in [0.29, 0.717) is 0 Å². The van der Waals surface area contributed by atoms with Crippen LogP contribution in [0.1, 0.15) is 5.56 Å². The Kier molecular flexibility index (Phi) is 6.80. The average molecular weight is 369 g/mol. The van der Waals surface area contributed by atoms with Gasteiger partial charge in [-0.15, -0.1) is 6.07 Å². The van der Waals surface area contributed by atoms with E-state index in [9.17, 15) is 0 Å². The summed E-state index contributed by atoms with van der Waals surface area (Å²) in [6, 6.07) is 14.5. The van der Waals surface area contributed by atoms with Crippen molar-refractivity contribution in [3.63, 3.8) is 0 Å². The number of hydrogen-bond acceptors (Lipinski definition) is 0. The summed E-state index contributed by atoms with van der Waals surface area (Å²) < 4.78 is 0. The standard InChI is InChI=1S/C11H9.La.Y/c1-9-6-7-10-4-2-3-5-11(10)8-9;;/h2-8H,1H2;;/q-1;;. The molecule has 60 valence electrons. The van der Waals surface area contributed by atoms with Crippen molar-refractivity contribution in [1.29, 1.82) is 0 Å². The Morgan fingerprint density at radius 3 is 2.15 bits per heavy atom. The SMILES string of the molecule is [CH2-]c1ccc2ccccc2c1.[La].[Y]. The summed E-state index contributed by atoms with van der Waals surface area (Å²) in [6.45, 7) is 3.87. The molecule has 2 aromatic rings. The minimum atomic E-state index is 0. The van der Waals surface area contributed by atoms with Gasteiger partial charge in [-0.05, 0) is 5.39 Å². The first-order chi connectivity index (χ1) is 5.36. The van der Waals surface area contributed by atoms with Gasteiger partial charge in [0.2, 0.25) is 0 Å². The summed E-state index contributed by atoms with van der Waals surface area (Å²) in [5.41, 5.74) is 1.07. The molecule has 0 aliphatic rings. The zero-order valence-electron chi connectivity index (χ0n) is 7.40. The summed E-state index contributed by atoms with van der Waals surface area (Å²) in [5.74, 6) is 0. The van der Waals surface area contributed by atoms with Gasteiger partial charge in [0.05, 0.1) is 0 Å². The Balaban J connectivity index is 0.000000720. The minimum Gasteiger partial charge on any atom is -0.199 e. The zero-order valence-corrected chi connectivity index (χ0v) is 13.9. The van der Waals surface area contributed by atoms with Crippen LogP contribution in [0.3, 0.4) is 0 Å². The largest absolute Gasteiger partial charge is 0.199 e. The maximum absolute atomic E-state index is 3.87. The van der Waals surface area contributed by atoms with Gasteiger partial charge in [0.15, 0.2) is 0 Å². The van der Waals surface area contributed by atoms with Gasteiger partial charge in [-0.3, -0.25) is 0 Å². The molecule has 0 N–H and O–H groups in total. The zero-order chi connectivity index (χ0) is 7.68. The Bertz CT molecular complexity index is 385. The average Bonchev–Trinajstić information content (AvgIpc) is 2.04. The van der Waals surface area contributed by atoms with Gasteiger partial charge in [-0.25, -0.2) is 0 Å². The van der Waals surface area contributed by atoms with E-state index in [-0.39, 0.29) is 68.3 Å². The fraction of sp³-hybridized carbons (Fsp3) is 0. The first-order valence-corrected chi connectivity index (χ1v) is 3.67. The van der Waals surface area contributed by atoms with E-state index in [1.54, 1.807) is 0 Å². The number of rotatable bonds is 0. The van der Waals surface area contributed by atoms with Gasteiger partial charge >= 0.3 is 0 Å². The number of fused-ring (bicyclic) bond motifs is 1. The van der Waals surface area contributed by atoms with Gasteiger partial charge in [0, 0.05) is 68.3 Å². The molecule has 2 heteroatoms. The van der Waals surface area contributed by atoms with Crippen molar-refractivity contribution in [3.05, 3.63) is 55.0 Å². The predicted octanol–water partition coefficient (Wildman–Crippen LogP) is 3.02. The summed E-state index contributed by atoms with van der Waals surface area (Å²) in [5, 5.41) is 2.54. The van der Waals surface area contributed by atoms with Crippen LogP contribution in [0.2, 0.25) is 0 Å². The maximum atomic E-state index is 3.87. The van der Waals surface area contributed by atoms with Gasteiger partial charge < -0.3 is 0 Å². The van der Waals surface area contributed by atoms with E-state index in [1.165, 1.54) is 10.8 Å². The van der Waals surface area contributed by atoms with Crippen LogP contribution in [-0.4, -0.2) is 0 Å². The van der Waals surface area contributed by atoms with Gasteiger partial charge in [-0.1, -0.05) is 29.7 Å². The topological polar surface area (TPSA) is 0 Å². The van der Waals surface area contributed by atoms with E-state index in [0.717, 1.165) is 5.56 Å². The van der Waals surface area contributed by atoms with E-state index < -0.39 is 0 Å². The number of hydrogen-bond donors (Lipinski definition) is 0. The molecule has 0 atom stereocenters. The molecule has 2 radical (unpaired) electrons. The molecule has 0 aliphatic carbocycles. The van der Waals surface area contributed by atoms with Crippen LogP contribution in [-0.2, 0) is 32.7 Å². The molecule has 2 aromatic carbocycles. The third-order valence-corrected chi connectivity index (χ3v) is 1.81. The molecule has 0 spiro atoms. The molecule has 0 aromatic heterocycles. The number of benzene rings is 2. The second-order valence-corrected chi connectivity index (χ2v) is 2.68. The Labute approximate surface area is 132 Å². The van der Waals surface area contributed by atoms with Crippen LogP contribution in [0.25, 0.3) is 10.8 Å². The van der Waals surface area contributed by atoms with Crippen LogP contribution in [0.4, 0.5) is 0 Å². The monoisotopic (exact) mass is 369 g/mol. The molecule has 0 nitrogen and oxygen atoms in total. The third kappa shape index (κ3) is 3.49. The molecule has 0 saturated carbocycles. The summed E-state index contributed by atoms with van der Waals surface area (Å²) in [6.07, 6.45) is 0. The predicted molar refractivity (Wildman–Crippen MR) is 48.4 cm³/mol. The molecule has 2 rings (SSSR count). The molecule has 13 heavy (non-hydrogen) atoms. The molecule has 0 saturated heterocycles. The maximum Gasteiger partial charge on any atom is 0 e. The van der Waals surface area contributed by atoms with Crippen LogP contribution < -0.4 is 0 Å². The van der Waals surface area contributed by atoms with Crippen LogP contribution in [0, 0.1) is 42.5 Å². The smallest absolute Gasteiger partial charge is 0 e. The van der Waals surface area contributed by atoms with E-state index in [2.05, 4.69) is 31.2 Å². The molecule has 0 unspecified atom stereocenters. The Morgan fingerprint density at radius 2 is 1.46 bits per heavy atom. The molecule has 0 bridgehead atoms. The molecule has 0 heterocycles. The van der Waals surface area contributed by atoms with Gasteiger partial charge in [0.1, 0.15) is 0 Å². The van der Waals surface area contributed by atoms with Crippen molar-refractivity contribution in [2.24, 2.45) is 0 Å². The van der Waals surface area contributed by atoms with Crippen LogP contribution in [0.15, 0.2) is 42.5 Å². The summed E-state index contributed by atoms with van der Waals surface area (Å²) in [7, 11) is 0. The molecule has 0 fully saturated rings. The van der Waals surface area contributed by atoms with Gasteiger partial charge in [-0.2, -0.15) is 24.6 Å². The molecular weight excluding hydrogens is 360 g/mol.